The second-order valence-corrected chi connectivity index (χ2v) is 7.24. The maximum Gasteiger partial charge on any atom is 0.191 e. The molecule has 0 aliphatic rings. The van der Waals surface area contributed by atoms with Crippen molar-refractivity contribution in [1.82, 2.24) is 15.6 Å². The Morgan fingerprint density at radius 1 is 1.13 bits per heavy atom. The predicted molar refractivity (Wildman–Crippen MR) is 123 cm³/mol. The van der Waals surface area contributed by atoms with E-state index in [0.29, 0.717) is 26.3 Å². The topological polar surface area (TPSA) is 71.0 Å². The normalized spacial score (nSPS) is 11.3. The molecule has 0 bridgehead atoms. The Morgan fingerprint density at radius 2 is 1.97 bits per heavy atom. The number of pyridine rings is 1. The van der Waals surface area contributed by atoms with Crippen LogP contribution in [0.15, 0.2) is 41.5 Å². The minimum absolute atomic E-state index is 0.531. The van der Waals surface area contributed by atoms with E-state index in [2.05, 4.69) is 53.7 Å². The number of guanidine groups is 1. The third-order valence-electron chi connectivity index (χ3n) is 4.46. The second-order valence-electron chi connectivity index (χ2n) is 7.24. The monoisotopic (exact) mass is 413 g/mol. The number of aromatic nitrogens is 1. The number of aliphatic imine (C=N–C) groups is 1. The molecule has 0 amide bonds. The van der Waals surface area contributed by atoms with Crippen molar-refractivity contribution in [2.45, 2.75) is 33.4 Å². The lowest BCUT2D eigenvalue weighted by Crippen LogP contribution is -2.37. The van der Waals surface area contributed by atoms with E-state index in [4.69, 9.17) is 14.5 Å². The largest absolute Gasteiger partial charge is 0.493 e. The Balaban J connectivity index is 2.07. The van der Waals surface area contributed by atoms with E-state index in [9.17, 15) is 0 Å². The number of anilines is 1. The maximum atomic E-state index is 5.98. The maximum absolute atomic E-state index is 5.98. The molecule has 164 valence electrons. The van der Waals surface area contributed by atoms with Crippen LogP contribution in [-0.2, 0) is 17.8 Å². The highest BCUT2D eigenvalue weighted by molar-refractivity contribution is 5.80. The van der Waals surface area contributed by atoms with Gasteiger partial charge in [-0.05, 0) is 31.5 Å². The van der Waals surface area contributed by atoms with Gasteiger partial charge in [0, 0.05) is 64.6 Å². The minimum Gasteiger partial charge on any atom is -0.493 e. The number of aryl methyl sites for hydroxylation is 1. The van der Waals surface area contributed by atoms with Crippen molar-refractivity contribution in [2.75, 3.05) is 45.9 Å². The fraction of sp³-hybridized carbons (Fsp3) is 0.478. The van der Waals surface area contributed by atoms with Crippen molar-refractivity contribution in [2.24, 2.45) is 4.99 Å². The molecule has 0 saturated heterocycles. The van der Waals surface area contributed by atoms with Gasteiger partial charge >= 0.3 is 0 Å². The summed E-state index contributed by atoms with van der Waals surface area (Å²) in [5, 5.41) is 6.72. The van der Waals surface area contributed by atoms with Crippen molar-refractivity contribution in [3.05, 3.63) is 53.2 Å². The van der Waals surface area contributed by atoms with E-state index >= 15 is 0 Å². The van der Waals surface area contributed by atoms with Crippen LogP contribution in [0.2, 0.25) is 0 Å². The van der Waals surface area contributed by atoms with E-state index in [1.165, 1.54) is 5.56 Å². The number of rotatable bonds is 11. The van der Waals surface area contributed by atoms with Crippen LogP contribution in [0.3, 0.4) is 0 Å². The molecular weight excluding hydrogens is 378 g/mol. The van der Waals surface area contributed by atoms with E-state index < -0.39 is 0 Å². The molecule has 0 atom stereocenters. The summed E-state index contributed by atoms with van der Waals surface area (Å²) in [6, 6.07) is 10.3. The van der Waals surface area contributed by atoms with Gasteiger partial charge in [-0.25, -0.2) is 9.98 Å². The summed E-state index contributed by atoms with van der Waals surface area (Å²) in [5.74, 6) is 2.59. The van der Waals surface area contributed by atoms with Gasteiger partial charge < -0.3 is 25.0 Å². The molecule has 2 rings (SSSR count). The standard InChI is InChI=1S/C23H35N5O2/c1-6-24-23(27-17-20-9-7-12-25-22(20)28(3)4)26-16-19-11-10-18(2)15-21(19)30-14-8-13-29-5/h7,9-12,15H,6,8,13-14,16-17H2,1-5H3,(H2,24,26,27). The highest BCUT2D eigenvalue weighted by Crippen LogP contribution is 2.21. The smallest absolute Gasteiger partial charge is 0.191 e. The average molecular weight is 414 g/mol. The third-order valence-corrected chi connectivity index (χ3v) is 4.46. The number of benzene rings is 1. The molecule has 1 aromatic carbocycles. The van der Waals surface area contributed by atoms with Crippen LogP contribution in [0.4, 0.5) is 5.82 Å². The third kappa shape index (κ3) is 7.55. The van der Waals surface area contributed by atoms with Crippen LogP contribution in [0.1, 0.15) is 30.0 Å². The summed E-state index contributed by atoms with van der Waals surface area (Å²) in [6.07, 6.45) is 2.67. The lowest BCUT2D eigenvalue weighted by atomic mass is 10.1. The summed E-state index contributed by atoms with van der Waals surface area (Å²) in [4.78, 5) is 11.2. The SMILES string of the molecule is CCNC(=NCc1ccc(C)cc1OCCCOC)NCc1cccnc1N(C)C. The molecular formula is C23H35N5O2. The number of hydrogen-bond acceptors (Lipinski definition) is 5. The number of methoxy groups -OCH3 is 1. The quantitative estimate of drug-likeness (QED) is 0.335. The summed E-state index contributed by atoms with van der Waals surface area (Å²) >= 11 is 0. The molecule has 0 unspecified atom stereocenters. The van der Waals surface area contributed by atoms with Gasteiger partial charge in [-0.3, -0.25) is 0 Å². The Kier molecular flexibility index (Phi) is 9.94. The summed E-state index contributed by atoms with van der Waals surface area (Å²) in [6.45, 7) is 7.40. The highest BCUT2D eigenvalue weighted by Gasteiger charge is 2.08. The average Bonchev–Trinajstić information content (AvgIpc) is 2.74. The minimum atomic E-state index is 0.531. The summed E-state index contributed by atoms with van der Waals surface area (Å²) < 4.78 is 11.1. The van der Waals surface area contributed by atoms with Gasteiger partial charge in [-0.1, -0.05) is 18.2 Å². The summed E-state index contributed by atoms with van der Waals surface area (Å²) in [5.41, 5.74) is 3.35. The van der Waals surface area contributed by atoms with Crippen molar-refractivity contribution in [3.63, 3.8) is 0 Å². The number of ether oxygens (including phenoxy) is 2. The van der Waals surface area contributed by atoms with Crippen molar-refractivity contribution in [1.29, 1.82) is 0 Å². The Bertz CT molecular complexity index is 808. The molecule has 30 heavy (non-hydrogen) atoms. The lowest BCUT2D eigenvalue weighted by Gasteiger charge is -2.17. The van der Waals surface area contributed by atoms with Crippen LogP contribution in [0.5, 0.6) is 5.75 Å². The first-order valence-electron chi connectivity index (χ1n) is 10.4. The molecule has 0 aliphatic carbocycles. The van der Waals surface area contributed by atoms with Crippen LogP contribution >= 0.6 is 0 Å². The van der Waals surface area contributed by atoms with Crippen molar-refractivity contribution < 1.29 is 9.47 Å². The summed E-state index contributed by atoms with van der Waals surface area (Å²) in [7, 11) is 5.70. The fourth-order valence-corrected chi connectivity index (χ4v) is 2.97. The molecule has 0 spiro atoms. The van der Waals surface area contributed by atoms with Crippen LogP contribution in [-0.4, -0.2) is 51.9 Å². The first kappa shape index (κ1) is 23.5. The van der Waals surface area contributed by atoms with Crippen molar-refractivity contribution in [3.8, 4) is 5.75 Å². The Labute approximate surface area is 180 Å². The van der Waals surface area contributed by atoms with Gasteiger partial charge in [0.25, 0.3) is 0 Å². The molecule has 1 heterocycles. The zero-order chi connectivity index (χ0) is 21.8. The van der Waals surface area contributed by atoms with Crippen LogP contribution in [0, 0.1) is 6.92 Å². The Hall–Kier alpha value is -2.80. The lowest BCUT2D eigenvalue weighted by molar-refractivity contribution is 0.172. The van der Waals surface area contributed by atoms with Gasteiger partial charge in [0.05, 0.1) is 13.2 Å². The van der Waals surface area contributed by atoms with E-state index in [-0.39, 0.29) is 0 Å². The second kappa shape index (κ2) is 12.7. The molecule has 0 aliphatic heterocycles. The highest BCUT2D eigenvalue weighted by atomic mass is 16.5. The molecule has 1 aromatic heterocycles. The zero-order valence-corrected chi connectivity index (χ0v) is 18.9. The molecule has 7 heteroatoms. The van der Waals surface area contributed by atoms with Gasteiger partial charge in [0.2, 0.25) is 0 Å². The van der Waals surface area contributed by atoms with E-state index in [0.717, 1.165) is 41.6 Å². The molecule has 2 aromatic rings. The van der Waals surface area contributed by atoms with Gasteiger partial charge in [-0.2, -0.15) is 0 Å². The number of hydrogen-bond donors (Lipinski definition) is 2. The van der Waals surface area contributed by atoms with E-state index in [1.54, 1.807) is 7.11 Å². The molecule has 0 radical (unpaired) electrons. The number of nitrogens with one attached hydrogen (secondary N) is 2. The van der Waals surface area contributed by atoms with E-state index in [1.807, 2.05) is 31.3 Å². The fourth-order valence-electron chi connectivity index (χ4n) is 2.97. The first-order valence-corrected chi connectivity index (χ1v) is 10.4. The number of nitrogens with zero attached hydrogens (tertiary/aromatic N) is 3. The first-order chi connectivity index (χ1) is 14.5. The van der Waals surface area contributed by atoms with Gasteiger partial charge in [0.15, 0.2) is 5.96 Å². The zero-order valence-electron chi connectivity index (χ0n) is 18.9. The molecule has 7 nitrogen and oxygen atoms in total. The van der Waals surface area contributed by atoms with Gasteiger partial charge in [0.1, 0.15) is 11.6 Å². The van der Waals surface area contributed by atoms with Crippen LogP contribution < -0.4 is 20.3 Å². The van der Waals surface area contributed by atoms with Crippen LogP contribution in [0.25, 0.3) is 0 Å². The Morgan fingerprint density at radius 3 is 2.70 bits per heavy atom. The van der Waals surface area contributed by atoms with Crippen molar-refractivity contribution >= 4 is 11.8 Å². The molecule has 2 N–H and O–H groups in total. The predicted octanol–water partition coefficient (Wildman–Crippen LogP) is 3.13. The molecule has 0 saturated carbocycles. The molecule has 0 fully saturated rings. The van der Waals surface area contributed by atoms with Gasteiger partial charge in [-0.15, -0.1) is 0 Å².